The summed E-state index contributed by atoms with van der Waals surface area (Å²) in [5, 5.41) is 0. The van der Waals surface area contributed by atoms with Crippen LogP contribution >= 0.6 is 0 Å². The first kappa shape index (κ1) is 12.6. The lowest BCUT2D eigenvalue weighted by molar-refractivity contribution is -0.133. The molecule has 3 aliphatic rings. The average molecular weight is 252 g/mol. The van der Waals surface area contributed by atoms with E-state index in [1.54, 1.807) is 0 Å². The minimum Gasteiger partial charge on any atom is -0.299 e. The Morgan fingerprint density at radius 3 is 2.61 bits per heavy atom. The van der Waals surface area contributed by atoms with Crippen molar-refractivity contribution >= 4 is 5.78 Å². The molecule has 7 atom stereocenters. The molecule has 0 aromatic heterocycles. The molecule has 0 saturated heterocycles. The number of hydrogen-bond acceptors (Lipinski definition) is 1. The summed E-state index contributed by atoms with van der Waals surface area (Å²) in [5.41, 5.74) is -0.110. The lowest BCUT2D eigenvalue weighted by atomic mass is 9.52. The Kier molecular flexibility index (Phi) is 2.84. The van der Waals surface area contributed by atoms with Crippen LogP contribution in [0.2, 0.25) is 0 Å². The van der Waals surface area contributed by atoms with Crippen LogP contribution in [0.15, 0.2) is 0 Å². The summed E-state index contributed by atoms with van der Waals surface area (Å²) in [4.78, 5) is 12.1. The summed E-state index contributed by atoms with van der Waals surface area (Å²) in [6.07, 6.45) is 4.01. The third kappa shape index (κ3) is 1.53. The molecule has 7 unspecified atom stereocenters. The molecule has 0 amide bonds. The van der Waals surface area contributed by atoms with Gasteiger partial charge in [-0.15, -0.1) is 0 Å². The van der Waals surface area contributed by atoms with Gasteiger partial charge in [-0.25, -0.2) is 4.39 Å². The number of hydrogen-bond donors (Lipinski definition) is 0. The van der Waals surface area contributed by atoms with Crippen LogP contribution < -0.4 is 0 Å². The average Bonchev–Trinajstić information content (AvgIpc) is 2.63. The van der Waals surface area contributed by atoms with Gasteiger partial charge in [0, 0.05) is 11.8 Å². The molecule has 18 heavy (non-hydrogen) atoms. The van der Waals surface area contributed by atoms with Crippen molar-refractivity contribution in [2.75, 3.05) is 0 Å². The van der Waals surface area contributed by atoms with Crippen molar-refractivity contribution in [2.45, 2.75) is 59.0 Å². The van der Waals surface area contributed by atoms with E-state index in [2.05, 4.69) is 20.8 Å². The first-order valence-electron chi connectivity index (χ1n) is 7.62. The molecule has 3 rings (SSSR count). The Morgan fingerprint density at radius 1 is 1.17 bits per heavy atom. The highest BCUT2D eigenvalue weighted by Crippen LogP contribution is 2.59. The zero-order chi connectivity index (χ0) is 13.1. The van der Waals surface area contributed by atoms with Gasteiger partial charge in [-0.2, -0.15) is 0 Å². The van der Waals surface area contributed by atoms with Gasteiger partial charge in [-0.1, -0.05) is 20.8 Å². The van der Waals surface area contributed by atoms with Crippen molar-refractivity contribution < 1.29 is 9.18 Å². The van der Waals surface area contributed by atoms with E-state index in [1.165, 1.54) is 0 Å². The number of alkyl halides is 1. The molecule has 3 fully saturated rings. The maximum absolute atomic E-state index is 14.2. The summed E-state index contributed by atoms with van der Waals surface area (Å²) in [7, 11) is 0. The fourth-order valence-electron chi connectivity index (χ4n) is 5.27. The molecule has 0 aliphatic heterocycles. The van der Waals surface area contributed by atoms with E-state index in [0.717, 1.165) is 25.7 Å². The molecule has 0 N–H and O–H groups in total. The van der Waals surface area contributed by atoms with Crippen LogP contribution in [0.3, 0.4) is 0 Å². The van der Waals surface area contributed by atoms with E-state index < -0.39 is 6.17 Å². The topological polar surface area (TPSA) is 17.1 Å². The van der Waals surface area contributed by atoms with Crippen molar-refractivity contribution in [3.63, 3.8) is 0 Å². The number of Topliss-reactive ketones (excluding diaryl/α,β-unsaturated/α-hetero) is 1. The molecule has 1 nitrogen and oxygen atoms in total. The summed E-state index contributed by atoms with van der Waals surface area (Å²) in [6, 6.07) is 0. The molecule has 3 aliphatic carbocycles. The zero-order valence-corrected chi connectivity index (χ0v) is 11.8. The first-order valence-corrected chi connectivity index (χ1v) is 7.62. The second kappa shape index (κ2) is 4.05. The molecule has 0 aromatic carbocycles. The number of rotatable bonds is 0. The molecule has 0 bridgehead atoms. The minimum absolute atomic E-state index is 0.110. The van der Waals surface area contributed by atoms with E-state index in [9.17, 15) is 9.18 Å². The number of carbonyl (C=O) groups excluding carboxylic acids is 1. The van der Waals surface area contributed by atoms with Gasteiger partial charge in [0.25, 0.3) is 0 Å². The highest BCUT2D eigenvalue weighted by molar-refractivity contribution is 5.87. The van der Waals surface area contributed by atoms with Crippen LogP contribution in [0.4, 0.5) is 4.39 Å². The van der Waals surface area contributed by atoms with Crippen molar-refractivity contribution in [3.05, 3.63) is 0 Å². The molecular weight excluding hydrogens is 227 g/mol. The lowest BCUT2D eigenvalue weighted by Crippen LogP contribution is -2.49. The van der Waals surface area contributed by atoms with Crippen LogP contribution in [-0.4, -0.2) is 12.0 Å². The molecule has 0 aromatic rings. The first-order chi connectivity index (χ1) is 8.45. The molecule has 0 radical (unpaired) electrons. The highest BCUT2D eigenvalue weighted by atomic mass is 19.1. The fraction of sp³-hybridized carbons (Fsp3) is 0.938. The molecule has 2 heteroatoms. The Labute approximate surface area is 110 Å². The fourth-order valence-corrected chi connectivity index (χ4v) is 5.27. The number of fused-ring (bicyclic) bond motifs is 3. The third-order valence-electron chi connectivity index (χ3n) is 6.77. The van der Waals surface area contributed by atoms with Gasteiger partial charge < -0.3 is 0 Å². The van der Waals surface area contributed by atoms with Gasteiger partial charge >= 0.3 is 0 Å². The standard InChI is InChI=1S/C16H25FO/c1-9-10(2)14(17)8-12-11(9)6-7-16(3)13(12)4-5-15(16)18/h9-14H,4-8H2,1-3H3. The highest BCUT2D eigenvalue weighted by Gasteiger charge is 2.56. The maximum atomic E-state index is 14.2. The summed E-state index contributed by atoms with van der Waals surface area (Å²) in [6.45, 7) is 6.45. The predicted octanol–water partition coefficient (Wildman–Crippen LogP) is 4.01. The number of halogens is 1. The van der Waals surface area contributed by atoms with Gasteiger partial charge in [0.1, 0.15) is 12.0 Å². The number of carbonyl (C=O) groups is 1. The molecule has 3 saturated carbocycles. The number of ketones is 1. The van der Waals surface area contributed by atoms with Crippen LogP contribution in [-0.2, 0) is 4.79 Å². The van der Waals surface area contributed by atoms with Crippen molar-refractivity contribution in [1.82, 2.24) is 0 Å². The van der Waals surface area contributed by atoms with Crippen LogP contribution in [0, 0.1) is 35.0 Å². The van der Waals surface area contributed by atoms with Crippen molar-refractivity contribution in [3.8, 4) is 0 Å². The smallest absolute Gasteiger partial charge is 0.139 e. The van der Waals surface area contributed by atoms with E-state index in [1.807, 2.05) is 0 Å². The maximum Gasteiger partial charge on any atom is 0.139 e. The van der Waals surface area contributed by atoms with E-state index in [-0.39, 0.29) is 11.3 Å². The van der Waals surface area contributed by atoms with E-state index in [4.69, 9.17) is 0 Å². The van der Waals surface area contributed by atoms with Gasteiger partial charge in [0.15, 0.2) is 0 Å². The Hall–Kier alpha value is -0.400. The SMILES string of the molecule is CC1C(F)CC2C(CCC3(C)C(=O)CCC23)C1C. The van der Waals surface area contributed by atoms with Crippen LogP contribution in [0.1, 0.15) is 52.9 Å². The lowest BCUT2D eigenvalue weighted by Gasteiger charge is -2.52. The van der Waals surface area contributed by atoms with Gasteiger partial charge in [-0.3, -0.25) is 4.79 Å². The van der Waals surface area contributed by atoms with Crippen LogP contribution in [0.5, 0.6) is 0 Å². The van der Waals surface area contributed by atoms with E-state index in [0.29, 0.717) is 35.9 Å². The van der Waals surface area contributed by atoms with Crippen molar-refractivity contribution in [1.29, 1.82) is 0 Å². The molecule has 102 valence electrons. The predicted molar refractivity (Wildman–Crippen MR) is 69.9 cm³/mol. The zero-order valence-electron chi connectivity index (χ0n) is 11.8. The normalized spacial score (nSPS) is 56.1. The largest absolute Gasteiger partial charge is 0.299 e. The Bertz CT molecular complexity index is 366. The summed E-state index contributed by atoms with van der Waals surface area (Å²) < 4.78 is 14.2. The second-order valence-corrected chi connectivity index (χ2v) is 7.32. The quantitative estimate of drug-likeness (QED) is 0.636. The van der Waals surface area contributed by atoms with Gasteiger partial charge in [0.05, 0.1) is 0 Å². The summed E-state index contributed by atoms with van der Waals surface area (Å²) >= 11 is 0. The van der Waals surface area contributed by atoms with Gasteiger partial charge in [0.2, 0.25) is 0 Å². The monoisotopic (exact) mass is 252 g/mol. The van der Waals surface area contributed by atoms with Crippen molar-refractivity contribution in [2.24, 2.45) is 35.0 Å². The van der Waals surface area contributed by atoms with Gasteiger partial charge in [-0.05, 0) is 55.3 Å². The minimum atomic E-state index is -0.653. The molecular formula is C16H25FO. The molecule has 0 spiro atoms. The summed E-state index contributed by atoms with van der Waals surface area (Å²) in [5.74, 6) is 2.74. The second-order valence-electron chi connectivity index (χ2n) is 7.32. The Morgan fingerprint density at radius 2 is 1.89 bits per heavy atom. The van der Waals surface area contributed by atoms with E-state index >= 15 is 0 Å². The Balaban J connectivity index is 1.90. The molecule has 0 heterocycles. The van der Waals surface area contributed by atoms with Crippen LogP contribution in [0.25, 0.3) is 0 Å². The third-order valence-corrected chi connectivity index (χ3v) is 6.77.